The van der Waals surface area contributed by atoms with Gasteiger partial charge >= 0.3 is 5.97 Å². The van der Waals surface area contributed by atoms with Gasteiger partial charge < -0.3 is 10.0 Å². The summed E-state index contributed by atoms with van der Waals surface area (Å²) < 4.78 is 1.82. The van der Waals surface area contributed by atoms with Crippen LogP contribution >= 0.6 is 0 Å². The SMILES string of the molecule is CCCn1nccc1CN1C(=O)CCC1C(=O)O. The van der Waals surface area contributed by atoms with Gasteiger partial charge in [0, 0.05) is 19.2 Å². The summed E-state index contributed by atoms with van der Waals surface area (Å²) in [6.07, 6.45) is 3.35. The van der Waals surface area contributed by atoms with Gasteiger partial charge in [-0.15, -0.1) is 0 Å². The van der Waals surface area contributed by atoms with Crippen LogP contribution < -0.4 is 0 Å². The molecule has 6 nitrogen and oxygen atoms in total. The van der Waals surface area contributed by atoms with Crippen molar-refractivity contribution in [3.63, 3.8) is 0 Å². The molecule has 1 saturated heterocycles. The second-order valence-corrected chi connectivity index (χ2v) is 4.46. The lowest BCUT2D eigenvalue weighted by atomic mass is 10.2. The van der Waals surface area contributed by atoms with Crippen LogP contribution in [0, 0.1) is 0 Å². The van der Waals surface area contributed by atoms with Crippen molar-refractivity contribution in [2.75, 3.05) is 0 Å². The highest BCUT2D eigenvalue weighted by Crippen LogP contribution is 2.21. The van der Waals surface area contributed by atoms with E-state index >= 15 is 0 Å². The Bertz CT molecular complexity index is 455. The first-order valence-corrected chi connectivity index (χ1v) is 6.16. The van der Waals surface area contributed by atoms with Crippen LogP contribution in [0.25, 0.3) is 0 Å². The number of aromatic nitrogens is 2. The number of rotatable bonds is 5. The van der Waals surface area contributed by atoms with Crippen molar-refractivity contribution in [1.82, 2.24) is 14.7 Å². The standard InChI is InChI=1S/C12H17N3O3/c1-2-7-15-9(5-6-13-15)8-14-10(12(17)18)3-4-11(14)16/h5-6,10H,2-4,7-8H2,1H3,(H,17,18). The van der Waals surface area contributed by atoms with Gasteiger partial charge in [-0.2, -0.15) is 5.10 Å². The molecule has 0 saturated carbocycles. The number of hydrogen-bond acceptors (Lipinski definition) is 3. The number of amides is 1. The molecule has 98 valence electrons. The summed E-state index contributed by atoms with van der Waals surface area (Å²) in [6.45, 7) is 3.16. The summed E-state index contributed by atoms with van der Waals surface area (Å²) in [7, 11) is 0. The van der Waals surface area contributed by atoms with Crippen LogP contribution in [0.2, 0.25) is 0 Å². The molecule has 1 N–H and O–H groups in total. The lowest BCUT2D eigenvalue weighted by Crippen LogP contribution is -2.38. The average Bonchev–Trinajstić information content (AvgIpc) is 2.89. The minimum atomic E-state index is -0.928. The molecule has 1 unspecified atom stereocenters. The topological polar surface area (TPSA) is 75.4 Å². The molecule has 2 rings (SSSR count). The molecule has 0 spiro atoms. The van der Waals surface area contributed by atoms with Crippen molar-refractivity contribution in [2.24, 2.45) is 0 Å². The Balaban J connectivity index is 2.13. The number of hydrogen-bond donors (Lipinski definition) is 1. The van der Waals surface area contributed by atoms with Crippen LogP contribution in [0.4, 0.5) is 0 Å². The molecular formula is C12H17N3O3. The molecule has 0 bridgehead atoms. The van der Waals surface area contributed by atoms with Gasteiger partial charge in [-0.25, -0.2) is 4.79 Å². The maximum Gasteiger partial charge on any atom is 0.326 e. The molecule has 1 atom stereocenters. The smallest absolute Gasteiger partial charge is 0.326 e. The number of nitrogens with zero attached hydrogens (tertiary/aromatic N) is 3. The van der Waals surface area contributed by atoms with E-state index in [9.17, 15) is 9.59 Å². The van der Waals surface area contributed by atoms with Crippen LogP contribution in [-0.2, 0) is 22.7 Å². The van der Waals surface area contributed by atoms with Crippen LogP contribution in [-0.4, -0.2) is 37.7 Å². The van der Waals surface area contributed by atoms with E-state index in [-0.39, 0.29) is 5.91 Å². The summed E-state index contributed by atoms with van der Waals surface area (Å²) in [5, 5.41) is 13.3. The van der Waals surface area contributed by atoms with E-state index in [0.717, 1.165) is 18.7 Å². The van der Waals surface area contributed by atoms with E-state index in [0.29, 0.717) is 19.4 Å². The lowest BCUT2D eigenvalue weighted by Gasteiger charge is -2.21. The van der Waals surface area contributed by atoms with Crippen molar-refractivity contribution in [1.29, 1.82) is 0 Å². The summed E-state index contributed by atoms with van der Waals surface area (Å²) >= 11 is 0. The van der Waals surface area contributed by atoms with Crippen LogP contribution in [0.1, 0.15) is 31.9 Å². The first-order valence-electron chi connectivity index (χ1n) is 6.16. The van der Waals surface area contributed by atoms with Gasteiger partial charge in [0.25, 0.3) is 0 Å². The predicted octanol–water partition coefficient (Wildman–Crippen LogP) is 0.869. The summed E-state index contributed by atoms with van der Waals surface area (Å²) in [4.78, 5) is 24.2. The summed E-state index contributed by atoms with van der Waals surface area (Å²) in [6, 6.07) is 1.14. The van der Waals surface area contributed by atoms with Crippen LogP contribution in [0.3, 0.4) is 0 Å². The van der Waals surface area contributed by atoms with Crippen molar-refractivity contribution >= 4 is 11.9 Å². The maximum atomic E-state index is 11.7. The molecular weight excluding hydrogens is 234 g/mol. The molecule has 6 heteroatoms. The van der Waals surface area contributed by atoms with E-state index in [4.69, 9.17) is 5.11 Å². The predicted molar refractivity (Wildman–Crippen MR) is 63.7 cm³/mol. The van der Waals surface area contributed by atoms with Gasteiger partial charge in [0.05, 0.1) is 12.2 Å². The van der Waals surface area contributed by atoms with Gasteiger partial charge in [0.15, 0.2) is 0 Å². The Morgan fingerprint density at radius 3 is 3.06 bits per heavy atom. The Labute approximate surface area is 105 Å². The molecule has 1 aliphatic rings. The largest absolute Gasteiger partial charge is 0.480 e. The third-order valence-electron chi connectivity index (χ3n) is 3.19. The second kappa shape index (κ2) is 5.20. The number of carboxylic acid groups (broad SMARTS) is 1. The Morgan fingerprint density at radius 2 is 2.39 bits per heavy atom. The van der Waals surface area contributed by atoms with Crippen LogP contribution in [0.15, 0.2) is 12.3 Å². The molecule has 0 radical (unpaired) electrons. The van der Waals surface area contributed by atoms with Crippen molar-refractivity contribution in [2.45, 2.75) is 45.3 Å². The molecule has 1 amide bonds. The number of likely N-dealkylation sites (tertiary alicyclic amines) is 1. The second-order valence-electron chi connectivity index (χ2n) is 4.46. The minimum Gasteiger partial charge on any atom is -0.480 e. The van der Waals surface area contributed by atoms with Crippen molar-refractivity contribution in [3.05, 3.63) is 18.0 Å². The fraction of sp³-hybridized carbons (Fsp3) is 0.583. The molecule has 0 aromatic carbocycles. The number of carbonyl (C=O) groups excluding carboxylic acids is 1. The lowest BCUT2D eigenvalue weighted by molar-refractivity contribution is -0.146. The molecule has 18 heavy (non-hydrogen) atoms. The fourth-order valence-corrected chi connectivity index (χ4v) is 2.27. The number of carbonyl (C=O) groups is 2. The molecule has 1 aromatic heterocycles. The van der Waals surface area contributed by atoms with E-state index in [1.54, 1.807) is 6.20 Å². The highest BCUT2D eigenvalue weighted by atomic mass is 16.4. The van der Waals surface area contributed by atoms with Gasteiger partial charge in [-0.1, -0.05) is 6.92 Å². The van der Waals surface area contributed by atoms with E-state index in [1.807, 2.05) is 17.7 Å². The number of aliphatic carboxylic acids is 1. The zero-order valence-corrected chi connectivity index (χ0v) is 10.4. The molecule has 1 fully saturated rings. The zero-order chi connectivity index (χ0) is 13.1. The minimum absolute atomic E-state index is 0.0911. The zero-order valence-electron chi connectivity index (χ0n) is 10.4. The normalized spacial score (nSPS) is 19.5. The van der Waals surface area contributed by atoms with Crippen molar-refractivity contribution in [3.8, 4) is 0 Å². The summed E-state index contributed by atoms with van der Waals surface area (Å²) in [5.74, 6) is -1.02. The number of carboxylic acids is 1. The van der Waals surface area contributed by atoms with E-state index in [1.165, 1.54) is 4.90 Å². The monoisotopic (exact) mass is 251 g/mol. The third kappa shape index (κ3) is 2.37. The molecule has 1 aliphatic heterocycles. The van der Waals surface area contributed by atoms with Gasteiger partial charge in [0.2, 0.25) is 5.91 Å². The number of aryl methyl sites for hydroxylation is 1. The Morgan fingerprint density at radius 1 is 1.61 bits per heavy atom. The van der Waals surface area contributed by atoms with Gasteiger partial charge in [0.1, 0.15) is 6.04 Å². The van der Waals surface area contributed by atoms with Gasteiger partial charge in [-0.05, 0) is 18.9 Å². The first-order chi connectivity index (χ1) is 8.63. The highest BCUT2D eigenvalue weighted by molar-refractivity contribution is 5.87. The Kier molecular flexibility index (Phi) is 3.64. The fourth-order valence-electron chi connectivity index (χ4n) is 2.27. The summed E-state index contributed by atoms with van der Waals surface area (Å²) in [5.41, 5.74) is 0.887. The average molecular weight is 251 g/mol. The highest BCUT2D eigenvalue weighted by Gasteiger charge is 2.36. The molecule has 0 aliphatic carbocycles. The van der Waals surface area contributed by atoms with E-state index < -0.39 is 12.0 Å². The molecule has 1 aromatic rings. The third-order valence-corrected chi connectivity index (χ3v) is 3.19. The maximum absolute atomic E-state index is 11.7. The Hall–Kier alpha value is -1.85. The molecule has 2 heterocycles. The van der Waals surface area contributed by atoms with Crippen LogP contribution in [0.5, 0.6) is 0 Å². The van der Waals surface area contributed by atoms with E-state index in [2.05, 4.69) is 5.10 Å². The first kappa shape index (κ1) is 12.6. The van der Waals surface area contributed by atoms with Gasteiger partial charge in [-0.3, -0.25) is 9.48 Å². The quantitative estimate of drug-likeness (QED) is 0.842. The van der Waals surface area contributed by atoms with Crippen molar-refractivity contribution < 1.29 is 14.7 Å².